The van der Waals surface area contributed by atoms with Crippen LogP contribution in [0.5, 0.6) is 5.75 Å². The van der Waals surface area contributed by atoms with E-state index in [-0.39, 0.29) is 12.0 Å². The van der Waals surface area contributed by atoms with E-state index in [2.05, 4.69) is 211 Å². The second-order valence-corrected chi connectivity index (χ2v) is 16.2. The maximum atomic E-state index is 6.69. The van der Waals surface area contributed by atoms with E-state index in [0.717, 1.165) is 29.2 Å². The molecule has 0 amide bonds. The second-order valence-electron chi connectivity index (χ2n) is 15.1. The predicted molar refractivity (Wildman–Crippen MR) is 241 cm³/mol. The molecule has 7 aromatic carbocycles. The third kappa shape index (κ3) is 6.03. The summed E-state index contributed by atoms with van der Waals surface area (Å²) in [6, 6.07) is 59.7. The van der Waals surface area contributed by atoms with Gasteiger partial charge >= 0.3 is 0 Å². The van der Waals surface area contributed by atoms with Gasteiger partial charge in [-0.1, -0.05) is 158 Å². The summed E-state index contributed by atoms with van der Waals surface area (Å²) in [5, 5.41) is 2.54. The van der Waals surface area contributed by atoms with Gasteiger partial charge in [-0.15, -0.1) is 11.3 Å². The SMILES string of the molecule is C1=CCC(C2=CC3Oc4ccc(N(c5cccc(-c6ccc(-c7ccccc7)cc6)c5)c5ccc(-c6ccccc6)c6sc7ccccc7c56)cc4C3C=C2)C=C1. The van der Waals surface area contributed by atoms with Gasteiger partial charge in [0.15, 0.2) is 0 Å². The van der Waals surface area contributed by atoms with Gasteiger partial charge < -0.3 is 9.64 Å². The van der Waals surface area contributed by atoms with Gasteiger partial charge in [-0.2, -0.15) is 0 Å². The predicted octanol–water partition coefficient (Wildman–Crippen LogP) is 15.0. The van der Waals surface area contributed by atoms with Crippen LogP contribution in [0, 0.1) is 5.92 Å². The molecule has 2 nitrogen and oxygen atoms in total. The number of benzene rings is 7. The Bertz CT molecular complexity index is 2920. The molecule has 1 aromatic heterocycles. The number of hydrogen-bond acceptors (Lipinski definition) is 3. The maximum Gasteiger partial charge on any atom is 0.128 e. The quantitative estimate of drug-likeness (QED) is 0.161. The molecular formula is C54H39NOS. The number of allylic oxidation sites excluding steroid dienone is 6. The smallest absolute Gasteiger partial charge is 0.128 e. The zero-order valence-corrected chi connectivity index (χ0v) is 32.1. The van der Waals surface area contributed by atoms with Crippen LogP contribution in [0.15, 0.2) is 212 Å². The highest BCUT2D eigenvalue weighted by Crippen LogP contribution is 2.51. The fourth-order valence-electron chi connectivity index (χ4n) is 8.91. The molecule has 0 saturated carbocycles. The average Bonchev–Trinajstić information content (AvgIpc) is 3.86. The van der Waals surface area contributed by atoms with Crippen molar-refractivity contribution >= 4 is 48.6 Å². The van der Waals surface area contributed by atoms with Crippen LogP contribution in [0.2, 0.25) is 0 Å². The number of anilines is 3. The molecule has 0 bridgehead atoms. The minimum absolute atomic E-state index is 0.0112. The van der Waals surface area contributed by atoms with Gasteiger partial charge in [0.25, 0.3) is 0 Å². The molecule has 0 radical (unpaired) electrons. The van der Waals surface area contributed by atoms with Gasteiger partial charge in [-0.05, 0) is 93.9 Å². The largest absolute Gasteiger partial charge is 0.485 e. The van der Waals surface area contributed by atoms with Crippen molar-refractivity contribution in [3.05, 3.63) is 217 Å². The topological polar surface area (TPSA) is 12.5 Å². The summed E-state index contributed by atoms with van der Waals surface area (Å²) in [5.74, 6) is 1.52. The first-order valence-corrected chi connectivity index (χ1v) is 20.7. The second kappa shape index (κ2) is 14.1. The number of ether oxygens (including phenoxy) is 1. The highest BCUT2D eigenvalue weighted by molar-refractivity contribution is 7.26. The van der Waals surface area contributed by atoms with E-state index in [4.69, 9.17) is 4.74 Å². The van der Waals surface area contributed by atoms with Crippen LogP contribution in [0.4, 0.5) is 17.1 Å². The van der Waals surface area contributed by atoms with Crippen LogP contribution in [0.1, 0.15) is 17.9 Å². The molecule has 57 heavy (non-hydrogen) atoms. The average molecular weight is 750 g/mol. The summed E-state index contributed by atoms with van der Waals surface area (Å²) in [6.07, 6.45) is 16.9. The molecule has 0 N–H and O–H groups in total. The lowest BCUT2D eigenvalue weighted by Gasteiger charge is -2.28. The van der Waals surface area contributed by atoms with Crippen LogP contribution in [0.25, 0.3) is 53.6 Å². The van der Waals surface area contributed by atoms with E-state index in [9.17, 15) is 0 Å². The summed E-state index contributed by atoms with van der Waals surface area (Å²) in [6.45, 7) is 0. The van der Waals surface area contributed by atoms with Crippen molar-refractivity contribution in [1.82, 2.24) is 0 Å². The third-order valence-electron chi connectivity index (χ3n) is 11.7. The standard InChI is InChI=1S/C54H39NOS/c1-4-13-36(14-5-1)38-23-25-39(26-24-38)41-19-12-20-43(33-41)55(44-28-32-50-48(35-44)46-29-27-42(34-51(46)56-50)37-15-6-2-7-16-37)49-31-30-45(40-17-8-3-9-18-40)54-53(49)47-21-10-11-22-52(47)57-54/h1-15,17-35,37,46,51H,16H2. The molecule has 3 heteroatoms. The molecule has 272 valence electrons. The first-order valence-electron chi connectivity index (χ1n) is 19.8. The first kappa shape index (κ1) is 33.6. The monoisotopic (exact) mass is 749 g/mol. The number of hydrogen-bond donors (Lipinski definition) is 0. The molecule has 8 aromatic rings. The van der Waals surface area contributed by atoms with Crippen LogP contribution in [-0.2, 0) is 0 Å². The minimum atomic E-state index is -0.0112. The van der Waals surface area contributed by atoms with E-state index in [1.807, 2.05) is 11.3 Å². The lowest BCUT2D eigenvalue weighted by atomic mass is 9.83. The Morgan fingerprint density at radius 1 is 0.579 bits per heavy atom. The van der Waals surface area contributed by atoms with E-state index >= 15 is 0 Å². The van der Waals surface area contributed by atoms with Crippen LogP contribution >= 0.6 is 11.3 Å². The first-order chi connectivity index (χ1) is 28.2. The van der Waals surface area contributed by atoms with Crippen molar-refractivity contribution in [2.24, 2.45) is 5.92 Å². The van der Waals surface area contributed by atoms with Crippen LogP contribution < -0.4 is 9.64 Å². The molecule has 0 spiro atoms. The van der Waals surface area contributed by atoms with E-state index < -0.39 is 0 Å². The lowest BCUT2D eigenvalue weighted by Crippen LogP contribution is -2.19. The molecule has 0 fully saturated rings. The van der Waals surface area contributed by atoms with Gasteiger partial charge in [0.1, 0.15) is 11.9 Å². The molecule has 2 heterocycles. The van der Waals surface area contributed by atoms with E-state index in [0.29, 0.717) is 5.92 Å². The van der Waals surface area contributed by atoms with Crippen LogP contribution in [0.3, 0.4) is 0 Å². The summed E-state index contributed by atoms with van der Waals surface area (Å²) in [4.78, 5) is 2.47. The Morgan fingerprint density at radius 3 is 2.11 bits per heavy atom. The number of rotatable bonds is 7. The zero-order chi connectivity index (χ0) is 37.7. The van der Waals surface area contributed by atoms with E-state index in [1.165, 1.54) is 64.7 Å². The molecular weight excluding hydrogens is 711 g/mol. The summed E-state index contributed by atoms with van der Waals surface area (Å²) >= 11 is 1.88. The van der Waals surface area contributed by atoms with Gasteiger partial charge in [0.2, 0.25) is 0 Å². The van der Waals surface area contributed by atoms with Gasteiger partial charge in [0, 0.05) is 48.9 Å². The molecule has 3 aliphatic rings. The Morgan fingerprint density at radius 2 is 1.30 bits per heavy atom. The molecule has 11 rings (SSSR count). The normalized spacial score (nSPS) is 18.0. The van der Waals surface area contributed by atoms with E-state index in [1.54, 1.807) is 0 Å². The Balaban J connectivity index is 1.06. The summed E-state index contributed by atoms with van der Waals surface area (Å²) in [5.41, 5.74) is 13.2. The zero-order valence-electron chi connectivity index (χ0n) is 31.3. The summed E-state index contributed by atoms with van der Waals surface area (Å²) in [7, 11) is 0. The number of nitrogens with zero attached hydrogens (tertiary/aromatic N) is 1. The fourth-order valence-corrected chi connectivity index (χ4v) is 10.2. The minimum Gasteiger partial charge on any atom is -0.485 e. The Kier molecular flexibility index (Phi) is 8.33. The lowest BCUT2D eigenvalue weighted by molar-refractivity contribution is 0.267. The molecule has 1 aliphatic heterocycles. The van der Waals surface area contributed by atoms with Crippen molar-refractivity contribution in [3.8, 4) is 39.1 Å². The number of fused-ring (bicyclic) bond motifs is 6. The molecule has 3 unspecified atom stereocenters. The summed E-state index contributed by atoms with van der Waals surface area (Å²) < 4.78 is 9.27. The third-order valence-corrected chi connectivity index (χ3v) is 13.0. The van der Waals surface area contributed by atoms with Crippen molar-refractivity contribution in [1.29, 1.82) is 0 Å². The molecule has 3 atom stereocenters. The van der Waals surface area contributed by atoms with Crippen molar-refractivity contribution in [3.63, 3.8) is 0 Å². The van der Waals surface area contributed by atoms with Crippen molar-refractivity contribution < 1.29 is 4.74 Å². The molecule has 2 aliphatic carbocycles. The fraction of sp³-hybridized carbons (Fsp3) is 0.0741. The van der Waals surface area contributed by atoms with Crippen LogP contribution in [-0.4, -0.2) is 6.10 Å². The Hall–Kier alpha value is -6.68. The van der Waals surface area contributed by atoms with Gasteiger partial charge in [0.05, 0.1) is 5.69 Å². The van der Waals surface area contributed by atoms with Crippen molar-refractivity contribution in [2.45, 2.75) is 18.4 Å². The van der Waals surface area contributed by atoms with Gasteiger partial charge in [-0.25, -0.2) is 0 Å². The highest BCUT2D eigenvalue weighted by Gasteiger charge is 2.35. The van der Waals surface area contributed by atoms with Gasteiger partial charge in [-0.3, -0.25) is 0 Å². The Labute approximate surface area is 337 Å². The maximum absolute atomic E-state index is 6.69. The van der Waals surface area contributed by atoms with Crippen molar-refractivity contribution in [2.75, 3.05) is 4.90 Å². The highest BCUT2D eigenvalue weighted by atomic mass is 32.1. The number of thiophene rings is 1. The molecule has 0 saturated heterocycles.